The van der Waals surface area contributed by atoms with Gasteiger partial charge in [-0.1, -0.05) is 18.3 Å². The monoisotopic (exact) mass is 298 g/mol. The number of rotatable bonds is 2. The molecule has 2 rings (SSSR count). The first-order valence-electron chi connectivity index (χ1n) is 5.53. The van der Waals surface area contributed by atoms with E-state index in [0.29, 0.717) is 4.99 Å². The van der Waals surface area contributed by atoms with Crippen molar-refractivity contribution >= 4 is 38.8 Å². The molecule has 1 heterocycles. The summed E-state index contributed by atoms with van der Waals surface area (Å²) in [5, 5.41) is 0. The summed E-state index contributed by atoms with van der Waals surface area (Å²) in [6.07, 6.45) is 3.83. The topological polar surface area (TPSA) is 29.3 Å². The van der Waals surface area contributed by atoms with Crippen LogP contribution in [-0.2, 0) is 0 Å². The number of halogens is 1. The van der Waals surface area contributed by atoms with Crippen LogP contribution >= 0.6 is 28.1 Å². The summed E-state index contributed by atoms with van der Waals surface area (Å²) in [5.74, 6) is 0. The van der Waals surface area contributed by atoms with Crippen LogP contribution in [0.2, 0.25) is 0 Å². The first-order valence-corrected chi connectivity index (χ1v) is 6.73. The lowest BCUT2D eigenvalue weighted by Crippen LogP contribution is -2.31. The van der Waals surface area contributed by atoms with Crippen LogP contribution in [0, 0.1) is 0 Å². The fourth-order valence-corrected chi connectivity index (χ4v) is 3.07. The Morgan fingerprint density at radius 2 is 1.94 bits per heavy atom. The van der Waals surface area contributed by atoms with Crippen molar-refractivity contribution in [2.24, 2.45) is 5.73 Å². The Bertz CT molecular complexity index is 400. The number of nitrogens with zero attached hydrogens (tertiary/aromatic N) is 1. The van der Waals surface area contributed by atoms with Gasteiger partial charge in [-0.25, -0.2) is 0 Å². The van der Waals surface area contributed by atoms with E-state index in [1.54, 1.807) is 0 Å². The van der Waals surface area contributed by atoms with Gasteiger partial charge in [-0.2, -0.15) is 0 Å². The maximum atomic E-state index is 5.80. The van der Waals surface area contributed by atoms with E-state index in [1.165, 1.54) is 24.9 Å². The second-order valence-corrected chi connectivity index (χ2v) is 5.34. The molecule has 86 valence electrons. The molecule has 0 unspecified atom stereocenters. The molecular weight excluding hydrogens is 284 g/mol. The molecular formula is C12H15BrN2S. The number of nitrogens with two attached hydrogens (primary N) is 1. The molecule has 1 saturated heterocycles. The van der Waals surface area contributed by atoms with Gasteiger partial charge in [-0.3, -0.25) is 0 Å². The van der Waals surface area contributed by atoms with Crippen molar-refractivity contribution in [3.8, 4) is 0 Å². The van der Waals surface area contributed by atoms with Crippen LogP contribution in [0.5, 0.6) is 0 Å². The van der Waals surface area contributed by atoms with Crippen molar-refractivity contribution in [1.82, 2.24) is 0 Å². The van der Waals surface area contributed by atoms with Crippen LogP contribution < -0.4 is 10.6 Å². The van der Waals surface area contributed by atoms with Crippen LogP contribution in [0.25, 0.3) is 0 Å². The van der Waals surface area contributed by atoms with E-state index >= 15 is 0 Å². The summed E-state index contributed by atoms with van der Waals surface area (Å²) in [4.78, 5) is 2.84. The molecule has 0 radical (unpaired) electrons. The van der Waals surface area contributed by atoms with Crippen LogP contribution in [0.3, 0.4) is 0 Å². The van der Waals surface area contributed by atoms with Crippen LogP contribution in [0.1, 0.15) is 24.8 Å². The minimum atomic E-state index is 0.466. The smallest absolute Gasteiger partial charge is 0.107 e. The first-order chi connectivity index (χ1) is 7.70. The van der Waals surface area contributed by atoms with Crippen molar-refractivity contribution in [3.05, 3.63) is 28.2 Å². The van der Waals surface area contributed by atoms with Crippen molar-refractivity contribution in [1.29, 1.82) is 0 Å². The Morgan fingerprint density at radius 3 is 2.56 bits per heavy atom. The molecule has 1 aromatic carbocycles. The average Bonchev–Trinajstić information content (AvgIpc) is 2.29. The van der Waals surface area contributed by atoms with E-state index in [4.69, 9.17) is 18.0 Å². The maximum absolute atomic E-state index is 5.80. The number of hydrogen-bond acceptors (Lipinski definition) is 2. The van der Waals surface area contributed by atoms with E-state index in [2.05, 4.69) is 26.9 Å². The summed E-state index contributed by atoms with van der Waals surface area (Å²) in [7, 11) is 0. The Labute approximate surface area is 110 Å². The molecule has 0 bridgehead atoms. The minimum absolute atomic E-state index is 0.466. The van der Waals surface area contributed by atoms with E-state index in [-0.39, 0.29) is 0 Å². The Hall–Kier alpha value is -0.610. The fourth-order valence-electron chi connectivity index (χ4n) is 2.16. The van der Waals surface area contributed by atoms with E-state index in [0.717, 1.165) is 23.1 Å². The lowest BCUT2D eigenvalue weighted by molar-refractivity contribution is 0.577. The third-order valence-corrected chi connectivity index (χ3v) is 3.80. The predicted molar refractivity (Wildman–Crippen MR) is 76.1 cm³/mol. The SMILES string of the molecule is NC(=S)c1c(Br)cccc1N1CCCCC1. The summed E-state index contributed by atoms with van der Waals surface area (Å²) in [6.45, 7) is 2.21. The Balaban J connectivity index is 2.38. The molecule has 1 aliphatic heterocycles. The summed E-state index contributed by atoms with van der Waals surface area (Å²) >= 11 is 8.65. The highest BCUT2D eigenvalue weighted by Crippen LogP contribution is 2.29. The summed E-state index contributed by atoms with van der Waals surface area (Å²) < 4.78 is 0.989. The molecule has 0 saturated carbocycles. The average molecular weight is 299 g/mol. The van der Waals surface area contributed by atoms with E-state index < -0.39 is 0 Å². The second kappa shape index (κ2) is 5.15. The number of thiocarbonyl (C=S) groups is 1. The largest absolute Gasteiger partial charge is 0.389 e. The lowest BCUT2D eigenvalue weighted by atomic mass is 10.1. The standard InChI is InChI=1S/C12H15BrN2S/c13-9-5-4-6-10(11(9)12(14)16)15-7-2-1-3-8-15/h4-6H,1-3,7-8H2,(H2,14,16). The molecule has 1 fully saturated rings. The zero-order valence-electron chi connectivity index (χ0n) is 9.08. The van der Waals surface area contributed by atoms with Gasteiger partial charge in [0.15, 0.2) is 0 Å². The van der Waals surface area contributed by atoms with Crippen molar-refractivity contribution in [2.75, 3.05) is 18.0 Å². The summed E-state index contributed by atoms with van der Waals surface area (Å²) in [5.41, 5.74) is 7.94. The Morgan fingerprint density at radius 1 is 1.25 bits per heavy atom. The molecule has 0 aliphatic carbocycles. The van der Waals surface area contributed by atoms with Crippen LogP contribution in [0.4, 0.5) is 5.69 Å². The van der Waals surface area contributed by atoms with Gasteiger partial charge in [-0.05, 0) is 47.3 Å². The van der Waals surface area contributed by atoms with Crippen molar-refractivity contribution < 1.29 is 0 Å². The maximum Gasteiger partial charge on any atom is 0.107 e. The number of benzene rings is 1. The molecule has 2 nitrogen and oxygen atoms in total. The molecule has 0 amide bonds. The highest BCUT2D eigenvalue weighted by atomic mass is 79.9. The quantitative estimate of drug-likeness (QED) is 0.851. The van der Waals surface area contributed by atoms with Gasteiger partial charge in [0.1, 0.15) is 4.99 Å². The van der Waals surface area contributed by atoms with Gasteiger partial charge < -0.3 is 10.6 Å². The van der Waals surface area contributed by atoms with Gasteiger partial charge in [0.2, 0.25) is 0 Å². The molecule has 1 aromatic rings. The minimum Gasteiger partial charge on any atom is -0.389 e. The zero-order valence-corrected chi connectivity index (χ0v) is 11.5. The van der Waals surface area contributed by atoms with Gasteiger partial charge in [0.05, 0.1) is 0 Å². The number of hydrogen-bond donors (Lipinski definition) is 1. The predicted octanol–water partition coefficient (Wildman–Crippen LogP) is 3.07. The first kappa shape index (κ1) is 11.9. The van der Waals surface area contributed by atoms with Gasteiger partial charge >= 0.3 is 0 Å². The van der Waals surface area contributed by atoms with Gasteiger partial charge in [-0.15, -0.1) is 0 Å². The normalized spacial score (nSPS) is 16.2. The number of piperidine rings is 1. The van der Waals surface area contributed by atoms with Gasteiger partial charge in [0.25, 0.3) is 0 Å². The van der Waals surface area contributed by atoms with Crippen molar-refractivity contribution in [2.45, 2.75) is 19.3 Å². The molecule has 0 spiro atoms. The van der Waals surface area contributed by atoms with Crippen LogP contribution in [-0.4, -0.2) is 18.1 Å². The molecule has 1 aliphatic rings. The zero-order chi connectivity index (χ0) is 11.5. The molecule has 4 heteroatoms. The molecule has 0 aromatic heterocycles. The lowest BCUT2D eigenvalue weighted by Gasteiger charge is -2.30. The molecule has 2 N–H and O–H groups in total. The second-order valence-electron chi connectivity index (χ2n) is 4.05. The highest BCUT2D eigenvalue weighted by Gasteiger charge is 2.17. The molecule has 16 heavy (non-hydrogen) atoms. The van der Waals surface area contributed by atoms with Crippen LogP contribution in [0.15, 0.2) is 22.7 Å². The third-order valence-electron chi connectivity index (χ3n) is 2.93. The summed E-state index contributed by atoms with van der Waals surface area (Å²) in [6, 6.07) is 6.13. The van der Waals surface area contributed by atoms with Crippen molar-refractivity contribution in [3.63, 3.8) is 0 Å². The third kappa shape index (κ3) is 2.38. The fraction of sp³-hybridized carbons (Fsp3) is 0.417. The highest BCUT2D eigenvalue weighted by molar-refractivity contribution is 9.10. The van der Waals surface area contributed by atoms with E-state index in [9.17, 15) is 0 Å². The number of anilines is 1. The van der Waals surface area contributed by atoms with Gasteiger partial charge in [0, 0.05) is 28.8 Å². The Kier molecular flexibility index (Phi) is 3.82. The molecule has 0 atom stereocenters. The van der Waals surface area contributed by atoms with E-state index in [1.807, 2.05) is 12.1 Å².